The molecule has 1 N–H and O–H groups in total. The quantitative estimate of drug-likeness (QED) is 0.662. The van der Waals surface area contributed by atoms with Gasteiger partial charge in [0.25, 0.3) is 0 Å². The zero-order valence-corrected chi connectivity index (χ0v) is 9.25. The second kappa shape index (κ2) is 5.32. The molecule has 1 unspecified atom stereocenters. The Balaban J connectivity index is 2.42. The third kappa shape index (κ3) is 2.96. The predicted octanol–water partition coefficient (Wildman–Crippen LogP) is 0.232. The molecule has 82 valence electrons. The van der Waals surface area contributed by atoms with E-state index in [2.05, 4.69) is 17.1 Å². The molecule has 0 aromatic carbocycles. The van der Waals surface area contributed by atoms with E-state index < -0.39 is 0 Å². The molecule has 1 saturated heterocycles. The number of rotatable bonds is 3. The molecule has 0 radical (unpaired) electrons. The highest BCUT2D eigenvalue weighted by atomic mass is 16.5. The summed E-state index contributed by atoms with van der Waals surface area (Å²) in [5.41, 5.74) is 0. The number of carbonyl (C=O) groups is 1. The van der Waals surface area contributed by atoms with Gasteiger partial charge < -0.3 is 10.1 Å². The Morgan fingerprint density at radius 3 is 3.00 bits per heavy atom. The van der Waals surface area contributed by atoms with Crippen LogP contribution in [0, 0.1) is 0 Å². The van der Waals surface area contributed by atoms with E-state index in [1.54, 1.807) is 0 Å². The van der Waals surface area contributed by atoms with Gasteiger partial charge in [0.1, 0.15) is 6.04 Å². The smallest absolute Gasteiger partial charge is 0.323 e. The van der Waals surface area contributed by atoms with Crippen LogP contribution in [0.25, 0.3) is 0 Å². The largest absolute Gasteiger partial charge is 0.465 e. The molecule has 0 aromatic heterocycles. The first-order chi connectivity index (χ1) is 6.65. The fraction of sp³-hybridized carbons (Fsp3) is 0.900. The summed E-state index contributed by atoms with van der Waals surface area (Å²) in [6.45, 7) is 9.13. The van der Waals surface area contributed by atoms with Gasteiger partial charge in [0, 0.05) is 25.7 Å². The average Bonchev–Trinajstić information content (AvgIpc) is 2.17. The Kier molecular flexibility index (Phi) is 4.35. The number of hydrogen-bond acceptors (Lipinski definition) is 4. The molecule has 1 fully saturated rings. The van der Waals surface area contributed by atoms with Crippen molar-refractivity contribution in [3.8, 4) is 0 Å². The Hall–Kier alpha value is -0.610. The van der Waals surface area contributed by atoms with E-state index in [4.69, 9.17) is 4.74 Å². The van der Waals surface area contributed by atoms with Gasteiger partial charge in [-0.05, 0) is 20.8 Å². The normalized spacial score (nSPS) is 25.8. The summed E-state index contributed by atoms with van der Waals surface area (Å²) in [4.78, 5) is 13.6. The van der Waals surface area contributed by atoms with Crippen molar-refractivity contribution < 1.29 is 9.53 Å². The standard InChI is InChI=1S/C10H20N2O2/c1-4-14-10(13)9(3)12-6-5-11-8(2)7-12/h8-9,11H,4-7H2,1-3H3/t8-,9?/m1/s1. The number of carbonyl (C=O) groups excluding carboxylic acids is 1. The molecule has 0 aliphatic carbocycles. The Labute approximate surface area is 85.6 Å². The number of esters is 1. The highest BCUT2D eigenvalue weighted by Crippen LogP contribution is 2.05. The van der Waals surface area contributed by atoms with Crippen LogP contribution in [0.3, 0.4) is 0 Å². The molecule has 0 spiro atoms. The molecule has 1 aliphatic heterocycles. The van der Waals surface area contributed by atoms with Crippen LogP contribution in [0.2, 0.25) is 0 Å². The van der Waals surface area contributed by atoms with Gasteiger partial charge in [-0.3, -0.25) is 9.69 Å². The summed E-state index contributed by atoms with van der Waals surface area (Å²) in [5.74, 6) is -0.110. The molecule has 14 heavy (non-hydrogen) atoms. The van der Waals surface area contributed by atoms with Crippen molar-refractivity contribution in [1.29, 1.82) is 0 Å². The lowest BCUT2D eigenvalue weighted by atomic mass is 10.2. The first-order valence-corrected chi connectivity index (χ1v) is 5.29. The summed E-state index contributed by atoms with van der Waals surface area (Å²) >= 11 is 0. The minimum Gasteiger partial charge on any atom is -0.465 e. The Morgan fingerprint density at radius 2 is 2.43 bits per heavy atom. The molecule has 4 nitrogen and oxygen atoms in total. The van der Waals surface area contributed by atoms with E-state index in [0.717, 1.165) is 19.6 Å². The van der Waals surface area contributed by atoms with Crippen LogP contribution >= 0.6 is 0 Å². The summed E-state index contributed by atoms with van der Waals surface area (Å²) in [5, 5.41) is 3.34. The molecule has 0 bridgehead atoms. The topological polar surface area (TPSA) is 41.6 Å². The van der Waals surface area contributed by atoms with Gasteiger partial charge in [-0.1, -0.05) is 0 Å². The molecule has 4 heteroatoms. The minimum atomic E-state index is -0.112. The maximum atomic E-state index is 11.5. The number of hydrogen-bond donors (Lipinski definition) is 1. The van der Waals surface area contributed by atoms with Crippen LogP contribution in [0.15, 0.2) is 0 Å². The summed E-state index contributed by atoms with van der Waals surface area (Å²) < 4.78 is 4.99. The van der Waals surface area contributed by atoms with Crippen LogP contribution in [-0.2, 0) is 9.53 Å². The van der Waals surface area contributed by atoms with E-state index in [0.29, 0.717) is 12.6 Å². The van der Waals surface area contributed by atoms with Crippen molar-refractivity contribution in [2.75, 3.05) is 26.2 Å². The molecule has 0 saturated carbocycles. The van der Waals surface area contributed by atoms with Gasteiger partial charge in [0.15, 0.2) is 0 Å². The number of piperazine rings is 1. The Morgan fingerprint density at radius 1 is 1.71 bits per heavy atom. The lowest BCUT2D eigenvalue weighted by molar-refractivity contribution is -0.149. The van der Waals surface area contributed by atoms with Crippen molar-refractivity contribution in [2.45, 2.75) is 32.9 Å². The van der Waals surface area contributed by atoms with Crippen molar-refractivity contribution in [3.63, 3.8) is 0 Å². The fourth-order valence-electron chi connectivity index (χ4n) is 1.73. The summed E-state index contributed by atoms with van der Waals surface area (Å²) in [6.07, 6.45) is 0. The SMILES string of the molecule is CCOC(=O)C(C)N1CCN[C@H](C)C1. The maximum absolute atomic E-state index is 11.5. The molecule has 1 aliphatic rings. The molecule has 0 aromatic rings. The van der Waals surface area contributed by atoms with Crippen molar-refractivity contribution in [1.82, 2.24) is 10.2 Å². The van der Waals surface area contributed by atoms with Gasteiger partial charge in [-0.25, -0.2) is 0 Å². The second-order valence-electron chi connectivity index (χ2n) is 3.78. The van der Waals surface area contributed by atoms with Crippen LogP contribution in [0.4, 0.5) is 0 Å². The zero-order chi connectivity index (χ0) is 10.6. The third-order valence-electron chi connectivity index (χ3n) is 2.58. The van der Waals surface area contributed by atoms with Crippen LogP contribution in [0.1, 0.15) is 20.8 Å². The van der Waals surface area contributed by atoms with E-state index in [1.807, 2.05) is 13.8 Å². The maximum Gasteiger partial charge on any atom is 0.323 e. The minimum absolute atomic E-state index is 0.110. The number of nitrogens with one attached hydrogen (secondary N) is 1. The highest BCUT2D eigenvalue weighted by molar-refractivity contribution is 5.75. The van der Waals surface area contributed by atoms with E-state index >= 15 is 0 Å². The predicted molar refractivity (Wildman–Crippen MR) is 55.1 cm³/mol. The third-order valence-corrected chi connectivity index (χ3v) is 2.58. The molecular weight excluding hydrogens is 180 g/mol. The van der Waals surface area contributed by atoms with Crippen molar-refractivity contribution in [3.05, 3.63) is 0 Å². The first kappa shape index (κ1) is 11.5. The summed E-state index contributed by atoms with van der Waals surface area (Å²) in [6, 6.07) is 0.347. The van der Waals surface area contributed by atoms with E-state index in [-0.39, 0.29) is 12.0 Å². The van der Waals surface area contributed by atoms with Crippen LogP contribution in [-0.4, -0.2) is 49.2 Å². The van der Waals surface area contributed by atoms with Gasteiger partial charge >= 0.3 is 5.97 Å². The van der Waals surface area contributed by atoms with E-state index in [9.17, 15) is 4.79 Å². The van der Waals surface area contributed by atoms with Crippen LogP contribution < -0.4 is 5.32 Å². The molecule has 0 amide bonds. The van der Waals surface area contributed by atoms with Crippen LogP contribution in [0.5, 0.6) is 0 Å². The molecular formula is C10H20N2O2. The molecule has 1 heterocycles. The molecule has 1 rings (SSSR count). The van der Waals surface area contributed by atoms with Gasteiger partial charge in [-0.15, -0.1) is 0 Å². The summed E-state index contributed by atoms with van der Waals surface area (Å²) in [7, 11) is 0. The van der Waals surface area contributed by atoms with Crippen molar-refractivity contribution >= 4 is 5.97 Å². The zero-order valence-electron chi connectivity index (χ0n) is 9.25. The second-order valence-corrected chi connectivity index (χ2v) is 3.78. The monoisotopic (exact) mass is 200 g/mol. The number of ether oxygens (including phenoxy) is 1. The fourth-order valence-corrected chi connectivity index (χ4v) is 1.73. The van der Waals surface area contributed by atoms with Gasteiger partial charge in [0.2, 0.25) is 0 Å². The van der Waals surface area contributed by atoms with Crippen molar-refractivity contribution in [2.24, 2.45) is 0 Å². The number of nitrogens with zero attached hydrogens (tertiary/aromatic N) is 1. The Bertz CT molecular complexity index is 197. The average molecular weight is 200 g/mol. The lowest BCUT2D eigenvalue weighted by Gasteiger charge is -2.34. The van der Waals surface area contributed by atoms with Gasteiger partial charge in [0.05, 0.1) is 6.61 Å². The molecule has 2 atom stereocenters. The highest BCUT2D eigenvalue weighted by Gasteiger charge is 2.25. The van der Waals surface area contributed by atoms with Gasteiger partial charge in [-0.2, -0.15) is 0 Å². The van der Waals surface area contributed by atoms with E-state index in [1.165, 1.54) is 0 Å². The lowest BCUT2D eigenvalue weighted by Crippen LogP contribution is -2.54. The first-order valence-electron chi connectivity index (χ1n) is 5.29.